The number of carbonyl (C=O) groups excluding carboxylic acids is 1. The van der Waals surface area contributed by atoms with Crippen molar-refractivity contribution in [1.29, 1.82) is 0 Å². The van der Waals surface area contributed by atoms with Crippen LogP contribution in [0.1, 0.15) is 39.0 Å². The lowest BCUT2D eigenvalue weighted by molar-refractivity contribution is -0.137. The van der Waals surface area contributed by atoms with E-state index in [0.717, 1.165) is 12.8 Å². The van der Waals surface area contributed by atoms with E-state index in [9.17, 15) is 9.59 Å². The van der Waals surface area contributed by atoms with Crippen molar-refractivity contribution in [2.24, 2.45) is 0 Å². The Labute approximate surface area is 113 Å². The van der Waals surface area contributed by atoms with Crippen molar-refractivity contribution in [1.82, 2.24) is 10.2 Å². The number of hydrogen-bond acceptors (Lipinski definition) is 3. The van der Waals surface area contributed by atoms with Gasteiger partial charge in [0.2, 0.25) is 0 Å². The summed E-state index contributed by atoms with van der Waals surface area (Å²) < 4.78 is 5.69. The molecule has 6 heteroatoms. The number of carboxylic acids is 1. The molecule has 19 heavy (non-hydrogen) atoms. The van der Waals surface area contributed by atoms with Crippen molar-refractivity contribution in [2.45, 2.75) is 57.3 Å². The maximum absolute atomic E-state index is 12.1. The maximum atomic E-state index is 12.1. The minimum absolute atomic E-state index is 0.00680. The highest BCUT2D eigenvalue weighted by Gasteiger charge is 2.35. The predicted octanol–water partition coefficient (Wildman–Crippen LogP) is 1.20. The topological polar surface area (TPSA) is 78.9 Å². The number of carbonyl (C=O) groups is 2. The normalized spacial score (nSPS) is 27.1. The van der Waals surface area contributed by atoms with Gasteiger partial charge in [0.1, 0.15) is 0 Å². The van der Waals surface area contributed by atoms with Crippen LogP contribution in [0.15, 0.2) is 0 Å². The molecule has 2 aliphatic rings. The summed E-state index contributed by atoms with van der Waals surface area (Å²) in [5.74, 6) is -0.789. The molecule has 0 aromatic rings. The standard InChI is InChI=1S/C13H22N2O4/c1-9(3-2-4-12(16)17)14-13(18)15-7-10-5-6-11(8-15)19-10/h9-11H,2-8H2,1H3,(H,14,18)(H,16,17). The van der Waals surface area contributed by atoms with Crippen molar-refractivity contribution in [3.63, 3.8) is 0 Å². The molecule has 108 valence electrons. The Morgan fingerprint density at radius 2 is 2.00 bits per heavy atom. The number of nitrogens with one attached hydrogen (secondary N) is 1. The Morgan fingerprint density at radius 1 is 1.37 bits per heavy atom. The Morgan fingerprint density at radius 3 is 2.58 bits per heavy atom. The number of urea groups is 1. The molecule has 0 saturated carbocycles. The van der Waals surface area contributed by atoms with E-state index in [1.54, 1.807) is 0 Å². The lowest BCUT2D eigenvalue weighted by atomic mass is 10.1. The third-order valence-electron chi connectivity index (χ3n) is 3.73. The summed E-state index contributed by atoms with van der Waals surface area (Å²) in [7, 11) is 0. The lowest BCUT2D eigenvalue weighted by Crippen LogP contribution is -2.51. The van der Waals surface area contributed by atoms with E-state index in [-0.39, 0.29) is 30.7 Å². The van der Waals surface area contributed by atoms with Crippen molar-refractivity contribution < 1.29 is 19.4 Å². The highest BCUT2D eigenvalue weighted by atomic mass is 16.5. The zero-order chi connectivity index (χ0) is 13.8. The van der Waals surface area contributed by atoms with Crippen LogP contribution >= 0.6 is 0 Å². The average Bonchev–Trinajstić information content (AvgIpc) is 2.67. The molecule has 0 aromatic carbocycles. The molecule has 2 rings (SSSR count). The molecule has 2 N–H and O–H groups in total. The SMILES string of the molecule is CC(CCCC(=O)O)NC(=O)N1CC2CCC(C1)O2. The zero-order valence-corrected chi connectivity index (χ0v) is 11.3. The van der Waals surface area contributed by atoms with E-state index in [1.807, 2.05) is 11.8 Å². The molecule has 0 radical (unpaired) electrons. The first kappa shape index (κ1) is 14.1. The van der Waals surface area contributed by atoms with Crippen LogP contribution in [0.2, 0.25) is 0 Å². The van der Waals surface area contributed by atoms with E-state index in [0.29, 0.717) is 25.9 Å². The number of ether oxygens (including phenoxy) is 1. The zero-order valence-electron chi connectivity index (χ0n) is 11.3. The average molecular weight is 270 g/mol. The van der Waals surface area contributed by atoms with Crippen LogP contribution in [-0.2, 0) is 9.53 Å². The molecular weight excluding hydrogens is 248 g/mol. The molecule has 0 aromatic heterocycles. The summed E-state index contributed by atoms with van der Waals surface area (Å²) in [5.41, 5.74) is 0. The monoisotopic (exact) mass is 270 g/mol. The number of hydrogen-bond donors (Lipinski definition) is 2. The van der Waals surface area contributed by atoms with Gasteiger partial charge < -0.3 is 20.1 Å². The van der Waals surface area contributed by atoms with Crippen LogP contribution in [0.4, 0.5) is 4.79 Å². The second-order valence-corrected chi connectivity index (χ2v) is 5.50. The number of likely N-dealkylation sites (tertiary alicyclic amines) is 1. The van der Waals surface area contributed by atoms with Gasteiger partial charge in [0.05, 0.1) is 12.2 Å². The maximum Gasteiger partial charge on any atom is 0.317 e. The second-order valence-electron chi connectivity index (χ2n) is 5.50. The van der Waals surface area contributed by atoms with Crippen molar-refractivity contribution in [3.8, 4) is 0 Å². The summed E-state index contributed by atoms with van der Waals surface area (Å²) in [6, 6.07) is -0.0460. The van der Waals surface area contributed by atoms with Crippen LogP contribution in [0.25, 0.3) is 0 Å². The minimum atomic E-state index is -0.789. The van der Waals surface area contributed by atoms with Gasteiger partial charge in [0.25, 0.3) is 0 Å². The molecule has 3 unspecified atom stereocenters. The minimum Gasteiger partial charge on any atom is -0.481 e. The second kappa shape index (κ2) is 6.23. The van der Waals surface area contributed by atoms with E-state index in [4.69, 9.17) is 9.84 Å². The highest BCUT2D eigenvalue weighted by Crippen LogP contribution is 2.26. The number of aliphatic carboxylic acids is 1. The molecule has 2 bridgehead atoms. The predicted molar refractivity (Wildman–Crippen MR) is 68.9 cm³/mol. The summed E-state index contributed by atoms with van der Waals surface area (Å²) in [4.78, 5) is 24.3. The van der Waals surface area contributed by atoms with Crippen LogP contribution < -0.4 is 5.32 Å². The van der Waals surface area contributed by atoms with Gasteiger partial charge in [-0.3, -0.25) is 4.79 Å². The first-order valence-corrected chi connectivity index (χ1v) is 6.97. The number of carboxylic acid groups (broad SMARTS) is 1. The fraction of sp³-hybridized carbons (Fsp3) is 0.846. The Kier molecular flexibility index (Phi) is 4.63. The third kappa shape index (κ3) is 4.09. The summed E-state index contributed by atoms with van der Waals surface area (Å²) in [6.45, 7) is 3.25. The largest absolute Gasteiger partial charge is 0.481 e. The number of fused-ring (bicyclic) bond motifs is 2. The van der Waals surface area contributed by atoms with Crippen LogP contribution in [0, 0.1) is 0 Å². The molecule has 2 aliphatic heterocycles. The number of rotatable bonds is 5. The fourth-order valence-electron chi connectivity index (χ4n) is 2.71. The smallest absolute Gasteiger partial charge is 0.317 e. The molecule has 0 aliphatic carbocycles. The van der Waals surface area contributed by atoms with Crippen molar-refractivity contribution >= 4 is 12.0 Å². The number of amides is 2. The van der Waals surface area contributed by atoms with Gasteiger partial charge in [-0.15, -0.1) is 0 Å². The molecule has 2 fully saturated rings. The van der Waals surface area contributed by atoms with Crippen LogP contribution in [-0.4, -0.2) is 53.3 Å². The van der Waals surface area contributed by atoms with Gasteiger partial charge in [-0.2, -0.15) is 0 Å². The Balaban J connectivity index is 1.70. The highest BCUT2D eigenvalue weighted by molar-refractivity contribution is 5.74. The van der Waals surface area contributed by atoms with Gasteiger partial charge in [-0.25, -0.2) is 4.79 Å². The molecular formula is C13H22N2O4. The molecule has 2 amide bonds. The summed E-state index contributed by atoms with van der Waals surface area (Å²) in [5, 5.41) is 11.5. The molecule has 2 heterocycles. The quantitative estimate of drug-likeness (QED) is 0.787. The molecule has 2 saturated heterocycles. The van der Waals surface area contributed by atoms with Gasteiger partial charge in [-0.1, -0.05) is 0 Å². The van der Waals surface area contributed by atoms with Gasteiger partial charge in [-0.05, 0) is 32.6 Å². The van der Waals surface area contributed by atoms with Gasteiger partial charge in [0.15, 0.2) is 0 Å². The number of nitrogens with zero attached hydrogens (tertiary/aromatic N) is 1. The fourth-order valence-corrected chi connectivity index (χ4v) is 2.71. The lowest BCUT2D eigenvalue weighted by Gasteiger charge is -2.33. The van der Waals surface area contributed by atoms with E-state index in [1.165, 1.54) is 0 Å². The van der Waals surface area contributed by atoms with E-state index in [2.05, 4.69) is 5.32 Å². The first-order chi connectivity index (χ1) is 9.04. The Hall–Kier alpha value is -1.30. The van der Waals surface area contributed by atoms with E-state index >= 15 is 0 Å². The molecule has 0 spiro atoms. The molecule has 6 nitrogen and oxygen atoms in total. The van der Waals surface area contributed by atoms with Crippen LogP contribution in [0.3, 0.4) is 0 Å². The van der Waals surface area contributed by atoms with E-state index < -0.39 is 5.97 Å². The van der Waals surface area contributed by atoms with Gasteiger partial charge >= 0.3 is 12.0 Å². The number of morpholine rings is 1. The first-order valence-electron chi connectivity index (χ1n) is 6.97. The van der Waals surface area contributed by atoms with Gasteiger partial charge in [0, 0.05) is 25.6 Å². The van der Waals surface area contributed by atoms with Crippen molar-refractivity contribution in [3.05, 3.63) is 0 Å². The van der Waals surface area contributed by atoms with Crippen LogP contribution in [0.5, 0.6) is 0 Å². The van der Waals surface area contributed by atoms with Crippen molar-refractivity contribution in [2.75, 3.05) is 13.1 Å². The summed E-state index contributed by atoms with van der Waals surface area (Å²) in [6.07, 6.45) is 3.92. The third-order valence-corrected chi connectivity index (χ3v) is 3.73. The Bertz CT molecular complexity index is 336. The summed E-state index contributed by atoms with van der Waals surface area (Å²) >= 11 is 0. The molecule has 3 atom stereocenters.